The first-order valence-corrected chi connectivity index (χ1v) is 4.46. The van der Waals surface area contributed by atoms with Gasteiger partial charge in [-0.2, -0.15) is 5.10 Å². The summed E-state index contributed by atoms with van der Waals surface area (Å²) in [5.41, 5.74) is -1.05. The van der Waals surface area contributed by atoms with Crippen LogP contribution >= 0.6 is 0 Å². The summed E-state index contributed by atoms with van der Waals surface area (Å²) in [4.78, 5) is 36.7. The van der Waals surface area contributed by atoms with E-state index >= 15 is 0 Å². The molecule has 82 valence electrons. The molecule has 0 saturated carbocycles. The van der Waals surface area contributed by atoms with E-state index in [0.717, 1.165) is 10.8 Å². The Morgan fingerprint density at radius 3 is 2.69 bits per heavy atom. The molecule has 0 fully saturated rings. The van der Waals surface area contributed by atoms with Gasteiger partial charge in [0.25, 0.3) is 5.56 Å². The lowest BCUT2D eigenvalue weighted by Crippen LogP contribution is -2.36. The average molecular weight is 220 g/mol. The van der Waals surface area contributed by atoms with Crippen molar-refractivity contribution in [2.75, 3.05) is 0 Å². The van der Waals surface area contributed by atoms with Crippen LogP contribution in [0, 0.1) is 0 Å². The van der Waals surface area contributed by atoms with Gasteiger partial charge in [-0.1, -0.05) is 0 Å². The fourth-order valence-electron chi connectivity index (χ4n) is 1.33. The van der Waals surface area contributed by atoms with Gasteiger partial charge in [-0.3, -0.25) is 14.7 Å². The van der Waals surface area contributed by atoms with Crippen molar-refractivity contribution < 1.29 is 4.79 Å². The van der Waals surface area contributed by atoms with Gasteiger partial charge in [-0.05, 0) is 6.92 Å². The van der Waals surface area contributed by atoms with Crippen LogP contribution in [0.5, 0.6) is 0 Å². The molecule has 0 bridgehead atoms. The molecule has 2 aromatic heterocycles. The van der Waals surface area contributed by atoms with Crippen molar-refractivity contribution in [2.45, 2.75) is 6.92 Å². The summed E-state index contributed by atoms with van der Waals surface area (Å²) in [6, 6.07) is 0. The van der Waals surface area contributed by atoms with Crippen molar-refractivity contribution in [2.24, 2.45) is 0 Å². The molecule has 0 aliphatic carbocycles. The molecule has 2 N–H and O–H groups in total. The number of hydrogen-bond donors (Lipinski definition) is 2. The van der Waals surface area contributed by atoms with E-state index in [-0.39, 0.29) is 11.3 Å². The number of carbonyl (C=O) groups excluding carboxylic acids is 1. The standard InChI is InChI=1S/C9H8N4O3/c1-5(14)7-4-10-9(16)13(8(7)15)6-2-11-12-3-6/h2-4H,1H3,(H,10,16)(H,11,12). The Kier molecular flexibility index (Phi) is 2.28. The molecule has 0 aliphatic heterocycles. The van der Waals surface area contributed by atoms with Crippen LogP contribution in [0.25, 0.3) is 5.69 Å². The molecule has 0 atom stereocenters. The molecule has 2 rings (SSSR count). The Hall–Kier alpha value is -2.44. The largest absolute Gasteiger partial charge is 0.333 e. The van der Waals surface area contributed by atoms with Gasteiger partial charge in [0.2, 0.25) is 0 Å². The molecule has 7 nitrogen and oxygen atoms in total. The highest BCUT2D eigenvalue weighted by Crippen LogP contribution is 1.97. The predicted octanol–water partition coefficient (Wildman–Crippen LogP) is -0.549. The van der Waals surface area contributed by atoms with Crippen molar-refractivity contribution in [1.82, 2.24) is 19.7 Å². The lowest BCUT2D eigenvalue weighted by molar-refractivity contribution is 0.101. The first-order valence-electron chi connectivity index (χ1n) is 4.46. The summed E-state index contributed by atoms with van der Waals surface area (Å²) < 4.78 is 0.847. The van der Waals surface area contributed by atoms with Gasteiger partial charge < -0.3 is 4.98 Å². The first-order chi connectivity index (χ1) is 7.61. The second kappa shape index (κ2) is 3.61. The van der Waals surface area contributed by atoms with E-state index < -0.39 is 17.0 Å². The second-order valence-electron chi connectivity index (χ2n) is 3.16. The van der Waals surface area contributed by atoms with Crippen LogP contribution in [0.1, 0.15) is 17.3 Å². The summed E-state index contributed by atoms with van der Waals surface area (Å²) in [7, 11) is 0. The maximum Gasteiger partial charge on any atom is 0.333 e. The van der Waals surface area contributed by atoms with Crippen molar-refractivity contribution >= 4 is 5.78 Å². The molecule has 0 aromatic carbocycles. The topological polar surface area (TPSA) is 101 Å². The lowest BCUT2D eigenvalue weighted by atomic mass is 10.2. The predicted molar refractivity (Wildman–Crippen MR) is 54.8 cm³/mol. The normalized spacial score (nSPS) is 10.3. The number of nitrogens with one attached hydrogen (secondary N) is 2. The van der Waals surface area contributed by atoms with Crippen LogP contribution < -0.4 is 11.2 Å². The van der Waals surface area contributed by atoms with E-state index in [1.54, 1.807) is 0 Å². The van der Waals surface area contributed by atoms with Crippen LogP contribution in [-0.4, -0.2) is 25.5 Å². The number of carbonyl (C=O) groups is 1. The smallest absolute Gasteiger partial charge is 0.313 e. The maximum atomic E-state index is 11.8. The molecule has 2 aromatic rings. The minimum absolute atomic E-state index is 0.0687. The molecule has 0 amide bonds. The number of hydrogen-bond acceptors (Lipinski definition) is 4. The third-order valence-corrected chi connectivity index (χ3v) is 2.10. The minimum Gasteiger partial charge on any atom is -0.313 e. The quantitative estimate of drug-likeness (QED) is 0.663. The van der Waals surface area contributed by atoms with Crippen molar-refractivity contribution in [3.63, 3.8) is 0 Å². The number of aromatic amines is 2. The monoisotopic (exact) mass is 220 g/mol. The number of H-pyrrole nitrogens is 2. The number of rotatable bonds is 2. The molecular weight excluding hydrogens is 212 g/mol. The van der Waals surface area contributed by atoms with Crippen molar-refractivity contribution in [1.29, 1.82) is 0 Å². The maximum absolute atomic E-state index is 11.8. The molecule has 7 heteroatoms. The van der Waals surface area contributed by atoms with Gasteiger partial charge in [0.05, 0.1) is 17.4 Å². The lowest BCUT2D eigenvalue weighted by Gasteiger charge is -2.01. The molecule has 16 heavy (non-hydrogen) atoms. The summed E-state index contributed by atoms with van der Waals surface area (Å²) in [6.45, 7) is 1.26. The van der Waals surface area contributed by atoms with E-state index in [9.17, 15) is 14.4 Å². The highest BCUT2D eigenvalue weighted by Gasteiger charge is 2.12. The Labute approximate surface area is 88.7 Å². The van der Waals surface area contributed by atoms with Gasteiger partial charge in [0.1, 0.15) is 0 Å². The highest BCUT2D eigenvalue weighted by molar-refractivity contribution is 5.93. The molecule has 0 unspecified atom stereocenters. The Morgan fingerprint density at radius 2 is 2.12 bits per heavy atom. The Balaban J connectivity index is 2.80. The van der Waals surface area contributed by atoms with Crippen LogP contribution in [0.2, 0.25) is 0 Å². The third kappa shape index (κ3) is 1.48. The number of aromatic nitrogens is 4. The van der Waals surface area contributed by atoms with Gasteiger partial charge >= 0.3 is 5.69 Å². The van der Waals surface area contributed by atoms with Crippen LogP contribution in [0.3, 0.4) is 0 Å². The van der Waals surface area contributed by atoms with E-state index in [1.807, 2.05) is 0 Å². The molecule has 0 spiro atoms. The van der Waals surface area contributed by atoms with Gasteiger partial charge in [-0.15, -0.1) is 0 Å². The number of ketones is 1. The van der Waals surface area contributed by atoms with Gasteiger partial charge in [0.15, 0.2) is 5.78 Å². The third-order valence-electron chi connectivity index (χ3n) is 2.10. The van der Waals surface area contributed by atoms with Crippen molar-refractivity contribution in [3.8, 4) is 5.69 Å². The van der Waals surface area contributed by atoms with E-state index in [1.165, 1.54) is 19.3 Å². The van der Waals surface area contributed by atoms with Crippen LogP contribution in [0.15, 0.2) is 28.2 Å². The van der Waals surface area contributed by atoms with E-state index in [2.05, 4.69) is 15.2 Å². The summed E-state index contributed by atoms with van der Waals surface area (Å²) in [5.74, 6) is -0.404. The van der Waals surface area contributed by atoms with E-state index in [4.69, 9.17) is 0 Å². The summed E-state index contributed by atoms with van der Waals surface area (Å²) in [6.07, 6.45) is 3.82. The molecule has 0 aliphatic rings. The molecular formula is C9H8N4O3. The first kappa shape index (κ1) is 10.1. The summed E-state index contributed by atoms with van der Waals surface area (Å²) >= 11 is 0. The molecule has 2 heterocycles. The fourth-order valence-corrected chi connectivity index (χ4v) is 1.33. The zero-order valence-corrected chi connectivity index (χ0v) is 8.35. The van der Waals surface area contributed by atoms with Crippen LogP contribution in [0.4, 0.5) is 0 Å². The summed E-state index contributed by atoms with van der Waals surface area (Å²) in [5, 5.41) is 6.12. The van der Waals surface area contributed by atoms with Gasteiger partial charge in [-0.25, -0.2) is 9.36 Å². The molecule has 0 saturated heterocycles. The van der Waals surface area contributed by atoms with Crippen LogP contribution in [-0.2, 0) is 0 Å². The van der Waals surface area contributed by atoms with Crippen molar-refractivity contribution in [3.05, 3.63) is 45.0 Å². The number of nitrogens with zero attached hydrogens (tertiary/aromatic N) is 2. The number of Topliss-reactive ketones (excluding diaryl/α,β-unsaturated/α-hetero) is 1. The Bertz CT molecular complexity index is 636. The highest BCUT2D eigenvalue weighted by atomic mass is 16.2. The second-order valence-corrected chi connectivity index (χ2v) is 3.16. The zero-order chi connectivity index (χ0) is 11.7. The van der Waals surface area contributed by atoms with Gasteiger partial charge in [0, 0.05) is 12.4 Å². The SMILES string of the molecule is CC(=O)c1c[nH]c(=O)n(-c2cn[nH]c2)c1=O. The Morgan fingerprint density at radius 1 is 1.38 bits per heavy atom. The minimum atomic E-state index is -0.655. The molecule has 0 radical (unpaired) electrons. The fraction of sp³-hybridized carbons (Fsp3) is 0.111. The zero-order valence-electron chi connectivity index (χ0n) is 8.35. The van der Waals surface area contributed by atoms with E-state index in [0.29, 0.717) is 0 Å². The average Bonchev–Trinajstić information content (AvgIpc) is 2.70.